The second-order valence-electron chi connectivity index (χ2n) is 6.85. The molecule has 1 heterocycles. The fourth-order valence-corrected chi connectivity index (χ4v) is 3.52. The minimum atomic E-state index is -0.276. The van der Waals surface area contributed by atoms with Crippen molar-refractivity contribution in [3.05, 3.63) is 70.2 Å². The molecule has 1 aliphatic rings. The van der Waals surface area contributed by atoms with Crippen LogP contribution >= 0.6 is 11.6 Å². The first-order chi connectivity index (χ1) is 13.6. The van der Waals surface area contributed by atoms with Crippen molar-refractivity contribution in [1.82, 2.24) is 10.2 Å². The Balaban J connectivity index is 1.31. The second-order valence-corrected chi connectivity index (χ2v) is 7.28. The molecule has 3 amide bonds. The zero-order valence-electron chi connectivity index (χ0n) is 15.6. The molecule has 0 spiro atoms. The highest BCUT2D eigenvalue weighted by molar-refractivity contribution is 6.30. The summed E-state index contributed by atoms with van der Waals surface area (Å²) in [5.74, 6) is -0.608. The molecule has 0 unspecified atom stereocenters. The molecule has 0 bridgehead atoms. The van der Waals surface area contributed by atoms with E-state index in [1.54, 1.807) is 24.3 Å². The first-order valence-corrected chi connectivity index (χ1v) is 9.90. The zero-order chi connectivity index (χ0) is 19.9. The molecule has 0 saturated heterocycles. The fraction of sp³-hybridized carbons (Fsp3) is 0.318. The molecule has 6 heteroatoms. The number of carbonyl (C=O) groups is 3. The monoisotopic (exact) mass is 398 g/mol. The minimum absolute atomic E-state index is 0.0561. The number of unbranched alkanes of at least 4 members (excludes halogenated alkanes) is 1. The normalized spacial score (nSPS) is 13.0. The SMILES string of the molecule is O=C(CCCN1C(=O)c2ccccc2C1=O)NCCCCc1cccc(Cl)c1. The Labute approximate surface area is 169 Å². The number of nitrogens with zero attached hydrogens (tertiary/aromatic N) is 1. The van der Waals surface area contributed by atoms with Gasteiger partial charge in [0, 0.05) is 24.5 Å². The van der Waals surface area contributed by atoms with Gasteiger partial charge < -0.3 is 5.32 Å². The van der Waals surface area contributed by atoms with E-state index in [1.807, 2.05) is 24.3 Å². The molecule has 0 saturated carbocycles. The Hall–Kier alpha value is -2.66. The quantitative estimate of drug-likeness (QED) is 0.515. The van der Waals surface area contributed by atoms with Gasteiger partial charge in [-0.15, -0.1) is 0 Å². The summed E-state index contributed by atoms with van der Waals surface area (Å²) in [6.07, 6.45) is 3.53. The minimum Gasteiger partial charge on any atom is -0.356 e. The van der Waals surface area contributed by atoms with Crippen molar-refractivity contribution in [2.24, 2.45) is 0 Å². The second kappa shape index (κ2) is 9.51. The Morgan fingerprint density at radius 3 is 2.32 bits per heavy atom. The molecule has 28 heavy (non-hydrogen) atoms. The van der Waals surface area contributed by atoms with Gasteiger partial charge in [0.1, 0.15) is 0 Å². The van der Waals surface area contributed by atoms with Gasteiger partial charge in [0.2, 0.25) is 5.91 Å². The van der Waals surface area contributed by atoms with E-state index in [4.69, 9.17) is 11.6 Å². The Morgan fingerprint density at radius 1 is 0.929 bits per heavy atom. The number of rotatable bonds is 9. The van der Waals surface area contributed by atoms with Crippen LogP contribution in [0.25, 0.3) is 0 Å². The topological polar surface area (TPSA) is 66.5 Å². The van der Waals surface area contributed by atoms with E-state index >= 15 is 0 Å². The number of nitrogens with one attached hydrogen (secondary N) is 1. The van der Waals surface area contributed by atoms with E-state index in [0.717, 1.165) is 24.3 Å². The van der Waals surface area contributed by atoms with Crippen LogP contribution in [0.15, 0.2) is 48.5 Å². The molecule has 0 fully saturated rings. The summed E-state index contributed by atoms with van der Waals surface area (Å²) in [6.45, 7) is 0.876. The van der Waals surface area contributed by atoms with Crippen LogP contribution in [-0.4, -0.2) is 35.7 Å². The van der Waals surface area contributed by atoms with E-state index in [1.165, 1.54) is 10.5 Å². The van der Waals surface area contributed by atoms with Crippen LogP contribution in [0.3, 0.4) is 0 Å². The van der Waals surface area contributed by atoms with Gasteiger partial charge >= 0.3 is 0 Å². The fourth-order valence-electron chi connectivity index (χ4n) is 3.30. The molecule has 0 aliphatic carbocycles. The third kappa shape index (κ3) is 4.98. The Bertz CT molecular complexity index is 847. The first kappa shape index (κ1) is 20.1. The van der Waals surface area contributed by atoms with Crippen LogP contribution in [0.4, 0.5) is 0 Å². The van der Waals surface area contributed by atoms with Crippen molar-refractivity contribution >= 4 is 29.3 Å². The predicted octanol–water partition coefficient (Wildman–Crippen LogP) is 3.86. The van der Waals surface area contributed by atoms with Crippen molar-refractivity contribution < 1.29 is 14.4 Å². The number of fused-ring (bicyclic) bond motifs is 1. The van der Waals surface area contributed by atoms with Gasteiger partial charge in [-0.1, -0.05) is 35.9 Å². The Morgan fingerprint density at radius 2 is 1.64 bits per heavy atom. The lowest BCUT2D eigenvalue weighted by molar-refractivity contribution is -0.121. The highest BCUT2D eigenvalue weighted by Gasteiger charge is 2.34. The highest BCUT2D eigenvalue weighted by atomic mass is 35.5. The van der Waals surface area contributed by atoms with Gasteiger partial charge in [-0.3, -0.25) is 19.3 Å². The van der Waals surface area contributed by atoms with Gasteiger partial charge in [-0.05, 0) is 55.5 Å². The lowest BCUT2D eigenvalue weighted by atomic mass is 10.1. The maximum Gasteiger partial charge on any atom is 0.261 e. The average molecular weight is 399 g/mol. The number of benzene rings is 2. The summed E-state index contributed by atoms with van der Waals surface area (Å²) in [6, 6.07) is 14.6. The molecule has 146 valence electrons. The van der Waals surface area contributed by atoms with Crippen LogP contribution < -0.4 is 5.32 Å². The van der Waals surface area contributed by atoms with E-state index in [9.17, 15) is 14.4 Å². The molecule has 1 aliphatic heterocycles. The standard InChI is InChI=1S/C22H23ClN2O3/c23-17-9-5-8-16(15-17)7-3-4-13-24-20(26)12-6-14-25-21(27)18-10-1-2-11-19(18)22(25)28/h1-2,5,8-11,15H,3-4,6-7,12-14H2,(H,24,26). The molecular formula is C22H23ClN2O3. The number of aryl methyl sites for hydroxylation is 1. The molecule has 1 N–H and O–H groups in total. The lowest BCUT2D eigenvalue weighted by Gasteiger charge is -2.13. The number of imide groups is 1. The van der Waals surface area contributed by atoms with Crippen LogP contribution in [0.1, 0.15) is 52.0 Å². The molecule has 2 aromatic rings. The van der Waals surface area contributed by atoms with Crippen LogP contribution in [-0.2, 0) is 11.2 Å². The van der Waals surface area contributed by atoms with Crippen molar-refractivity contribution in [2.75, 3.05) is 13.1 Å². The number of hydrogen-bond acceptors (Lipinski definition) is 3. The lowest BCUT2D eigenvalue weighted by Crippen LogP contribution is -2.32. The summed E-state index contributed by atoms with van der Waals surface area (Å²) >= 11 is 5.96. The summed E-state index contributed by atoms with van der Waals surface area (Å²) in [7, 11) is 0. The summed E-state index contributed by atoms with van der Waals surface area (Å²) in [5, 5.41) is 3.63. The largest absolute Gasteiger partial charge is 0.356 e. The smallest absolute Gasteiger partial charge is 0.261 e. The average Bonchev–Trinajstić information content (AvgIpc) is 2.93. The molecular weight excluding hydrogens is 376 g/mol. The maximum atomic E-state index is 12.3. The summed E-state index contributed by atoms with van der Waals surface area (Å²) in [5.41, 5.74) is 2.08. The zero-order valence-corrected chi connectivity index (χ0v) is 16.4. The van der Waals surface area contributed by atoms with Gasteiger partial charge in [0.15, 0.2) is 0 Å². The molecule has 3 rings (SSSR count). The van der Waals surface area contributed by atoms with Crippen molar-refractivity contribution in [3.8, 4) is 0 Å². The van der Waals surface area contributed by atoms with Gasteiger partial charge in [0.05, 0.1) is 11.1 Å². The van der Waals surface area contributed by atoms with E-state index in [2.05, 4.69) is 5.32 Å². The molecule has 0 radical (unpaired) electrons. The summed E-state index contributed by atoms with van der Waals surface area (Å²) < 4.78 is 0. The number of amides is 3. The first-order valence-electron chi connectivity index (χ1n) is 9.52. The van der Waals surface area contributed by atoms with Crippen molar-refractivity contribution in [2.45, 2.75) is 32.1 Å². The highest BCUT2D eigenvalue weighted by Crippen LogP contribution is 2.22. The third-order valence-corrected chi connectivity index (χ3v) is 5.00. The van der Waals surface area contributed by atoms with E-state index in [0.29, 0.717) is 30.5 Å². The van der Waals surface area contributed by atoms with Crippen LogP contribution in [0, 0.1) is 0 Å². The van der Waals surface area contributed by atoms with Gasteiger partial charge in [-0.2, -0.15) is 0 Å². The van der Waals surface area contributed by atoms with Crippen molar-refractivity contribution in [3.63, 3.8) is 0 Å². The number of halogens is 1. The van der Waals surface area contributed by atoms with Crippen LogP contribution in [0.5, 0.6) is 0 Å². The third-order valence-electron chi connectivity index (χ3n) is 4.77. The number of hydrogen-bond donors (Lipinski definition) is 1. The molecule has 0 atom stereocenters. The summed E-state index contributed by atoms with van der Waals surface area (Å²) in [4.78, 5) is 37.7. The molecule has 0 aromatic heterocycles. The van der Waals surface area contributed by atoms with Gasteiger partial charge in [0.25, 0.3) is 11.8 Å². The van der Waals surface area contributed by atoms with E-state index < -0.39 is 0 Å². The van der Waals surface area contributed by atoms with Crippen molar-refractivity contribution in [1.29, 1.82) is 0 Å². The maximum absolute atomic E-state index is 12.3. The molecule has 5 nitrogen and oxygen atoms in total. The van der Waals surface area contributed by atoms with Crippen LogP contribution in [0.2, 0.25) is 5.02 Å². The Kier molecular flexibility index (Phi) is 6.82. The molecule has 2 aromatic carbocycles. The van der Waals surface area contributed by atoms with Gasteiger partial charge in [-0.25, -0.2) is 0 Å². The van der Waals surface area contributed by atoms with E-state index in [-0.39, 0.29) is 24.3 Å². The number of carbonyl (C=O) groups excluding carboxylic acids is 3. The predicted molar refractivity (Wildman–Crippen MR) is 108 cm³/mol.